The van der Waals surface area contributed by atoms with Crippen molar-refractivity contribution in [1.29, 1.82) is 0 Å². The van der Waals surface area contributed by atoms with E-state index in [9.17, 15) is 13.6 Å². The summed E-state index contributed by atoms with van der Waals surface area (Å²) in [5, 5.41) is 0. The lowest BCUT2D eigenvalue weighted by Crippen LogP contribution is -2.26. The molecule has 2 nitrogen and oxygen atoms in total. The zero-order chi connectivity index (χ0) is 10.3. The highest BCUT2D eigenvalue weighted by molar-refractivity contribution is 6.01. The Kier molecular flexibility index (Phi) is 1.98. The average molecular weight is 198 g/mol. The molecular weight excluding hydrogens is 190 g/mol. The molecule has 1 aromatic rings. The zero-order valence-corrected chi connectivity index (χ0v) is 7.51. The van der Waals surface area contributed by atoms with Crippen molar-refractivity contribution in [3.05, 3.63) is 29.3 Å². The zero-order valence-electron chi connectivity index (χ0n) is 7.51. The van der Waals surface area contributed by atoms with Gasteiger partial charge in [0.25, 0.3) is 0 Å². The van der Waals surface area contributed by atoms with Crippen LogP contribution in [0.1, 0.15) is 17.3 Å². The van der Waals surface area contributed by atoms with Crippen LogP contribution in [0.3, 0.4) is 0 Å². The molecule has 74 valence electrons. The molecule has 1 aliphatic rings. The first-order valence-electron chi connectivity index (χ1n) is 4.25. The van der Waals surface area contributed by atoms with Crippen molar-refractivity contribution in [2.75, 3.05) is 6.61 Å². The van der Waals surface area contributed by atoms with Gasteiger partial charge < -0.3 is 4.74 Å². The monoisotopic (exact) mass is 198 g/mol. The number of carbonyl (C=O) groups is 1. The van der Waals surface area contributed by atoms with Gasteiger partial charge in [-0.25, -0.2) is 8.78 Å². The van der Waals surface area contributed by atoms with E-state index in [1.54, 1.807) is 6.92 Å². The highest BCUT2D eigenvalue weighted by Crippen LogP contribution is 2.30. The largest absolute Gasteiger partial charge is 0.492 e. The highest BCUT2D eigenvalue weighted by Gasteiger charge is 2.29. The molecule has 0 spiro atoms. The number of rotatable bonds is 0. The maximum atomic E-state index is 13.2. The van der Waals surface area contributed by atoms with Gasteiger partial charge in [-0.3, -0.25) is 4.79 Å². The van der Waals surface area contributed by atoms with Gasteiger partial charge in [0.2, 0.25) is 0 Å². The standard InChI is InChI=1S/C10H8F2O2/c1-5-4-14-8-3-6(11)2-7(12)9(8)10(5)13/h2-3,5H,4H2,1H3. The Balaban J connectivity index is 2.60. The number of hydrogen-bond acceptors (Lipinski definition) is 2. The van der Waals surface area contributed by atoms with Crippen LogP contribution >= 0.6 is 0 Å². The van der Waals surface area contributed by atoms with Crippen LogP contribution in [-0.2, 0) is 0 Å². The molecule has 0 bridgehead atoms. The number of ether oxygens (including phenoxy) is 1. The average Bonchev–Trinajstić information content (AvgIpc) is 2.10. The molecule has 1 aliphatic heterocycles. The lowest BCUT2D eigenvalue weighted by Gasteiger charge is -2.21. The number of fused-ring (bicyclic) bond motifs is 1. The molecule has 1 unspecified atom stereocenters. The Morgan fingerprint density at radius 1 is 1.43 bits per heavy atom. The number of Topliss-reactive ketones (excluding diaryl/α,β-unsaturated/α-hetero) is 1. The van der Waals surface area contributed by atoms with Gasteiger partial charge in [-0.05, 0) is 0 Å². The fraction of sp³-hybridized carbons (Fsp3) is 0.300. The predicted molar refractivity (Wildman–Crippen MR) is 45.3 cm³/mol. The van der Waals surface area contributed by atoms with Crippen molar-refractivity contribution in [2.24, 2.45) is 5.92 Å². The molecule has 1 aromatic carbocycles. The Morgan fingerprint density at radius 3 is 2.86 bits per heavy atom. The molecule has 2 rings (SSSR count). The lowest BCUT2D eigenvalue weighted by molar-refractivity contribution is 0.0841. The Hall–Kier alpha value is -1.45. The Labute approximate surface area is 79.5 Å². The van der Waals surface area contributed by atoms with Crippen LogP contribution in [0.15, 0.2) is 12.1 Å². The molecule has 0 aliphatic carbocycles. The minimum atomic E-state index is -0.850. The summed E-state index contributed by atoms with van der Waals surface area (Å²) in [6.45, 7) is 1.82. The van der Waals surface area contributed by atoms with Crippen LogP contribution in [0.25, 0.3) is 0 Å². The first-order chi connectivity index (χ1) is 6.59. The normalized spacial score (nSPS) is 20.2. The fourth-order valence-electron chi connectivity index (χ4n) is 1.44. The van der Waals surface area contributed by atoms with Crippen LogP contribution in [-0.4, -0.2) is 12.4 Å². The minimum Gasteiger partial charge on any atom is -0.492 e. The molecule has 1 atom stereocenters. The smallest absolute Gasteiger partial charge is 0.175 e. The van der Waals surface area contributed by atoms with Crippen molar-refractivity contribution >= 4 is 5.78 Å². The third-order valence-corrected chi connectivity index (χ3v) is 2.20. The summed E-state index contributed by atoms with van der Waals surface area (Å²) in [7, 11) is 0. The van der Waals surface area contributed by atoms with Crippen molar-refractivity contribution in [3.8, 4) is 5.75 Å². The van der Waals surface area contributed by atoms with E-state index < -0.39 is 11.6 Å². The van der Waals surface area contributed by atoms with E-state index in [-0.39, 0.29) is 29.6 Å². The van der Waals surface area contributed by atoms with Crippen LogP contribution < -0.4 is 4.74 Å². The second kappa shape index (κ2) is 3.04. The topological polar surface area (TPSA) is 26.3 Å². The molecule has 0 saturated carbocycles. The second-order valence-corrected chi connectivity index (χ2v) is 3.34. The summed E-state index contributed by atoms with van der Waals surface area (Å²) in [5.41, 5.74) is -0.134. The molecule has 0 saturated heterocycles. The second-order valence-electron chi connectivity index (χ2n) is 3.34. The maximum absolute atomic E-state index is 13.2. The van der Waals surface area contributed by atoms with Crippen molar-refractivity contribution in [3.63, 3.8) is 0 Å². The van der Waals surface area contributed by atoms with Gasteiger partial charge in [-0.1, -0.05) is 6.92 Å². The molecule has 0 N–H and O–H groups in total. The summed E-state index contributed by atoms with van der Waals surface area (Å²) < 4.78 is 31.0. The SMILES string of the molecule is CC1COc2cc(F)cc(F)c2C1=O. The van der Waals surface area contributed by atoms with E-state index in [0.29, 0.717) is 6.07 Å². The van der Waals surface area contributed by atoms with E-state index in [2.05, 4.69) is 0 Å². The quantitative estimate of drug-likeness (QED) is 0.638. The van der Waals surface area contributed by atoms with Gasteiger partial charge in [0.15, 0.2) is 5.78 Å². The number of carbonyl (C=O) groups excluding carboxylic acids is 1. The summed E-state index contributed by atoms with van der Waals surface area (Å²) in [5.74, 6) is -2.28. The molecule has 0 fully saturated rings. The van der Waals surface area contributed by atoms with Crippen molar-refractivity contribution < 1.29 is 18.3 Å². The molecule has 4 heteroatoms. The fourth-order valence-corrected chi connectivity index (χ4v) is 1.44. The third-order valence-electron chi connectivity index (χ3n) is 2.20. The maximum Gasteiger partial charge on any atom is 0.175 e. The summed E-state index contributed by atoms with van der Waals surface area (Å²) in [6.07, 6.45) is 0. The highest BCUT2D eigenvalue weighted by atomic mass is 19.1. The van der Waals surface area contributed by atoms with Gasteiger partial charge in [0.1, 0.15) is 17.4 Å². The van der Waals surface area contributed by atoms with Gasteiger partial charge in [-0.2, -0.15) is 0 Å². The van der Waals surface area contributed by atoms with Crippen molar-refractivity contribution in [2.45, 2.75) is 6.92 Å². The number of hydrogen-bond donors (Lipinski definition) is 0. The van der Waals surface area contributed by atoms with E-state index in [0.717, 1.165) is 6.07 Å². The third kappa shape index (κ3) is 1.27. The van der Waals surface area contributed by atoms with Gasteiger partial charge >= 0.3 is 0 Å². The molecule has 1 heterocycles. The molecule has 14 heavy (non-hydrogen) atoms. The minimum absolute atomic E-state index is 0.00519. The van der Waals surface area contributed by atoms with E-state index in [1.807, 2.05) is 0 Å². The number of halogens is 2. The van der Waals surface area contributed by atoms with Crippen LogP contribution in [0.4, 0.5) is 8.78 Å². The summed E-state index contributed by atoms with van der Waals surface area (Å²) >= 11 is 0. The van der Waals surface area contributed by atoms with E-state index in [4.69, 9.17) is 4.74 Å². The summed E-state index contributed by atoms with van der Waals surface area (Å²) in [4.78, 5) is 11.5. The molecular formula is C10H8F2O2. The molecule has 0 radical (unpaired) electrons. The lowest BCUT2D eigenvalue weighted by atomic mass is 9.96. The predicted octanol–water partition coefficient (Wildman–Crippen LogP) is 2.18. The Bertz CT molecular complexity index is 401. The first kappa shape index (κ1) is 9.12. The van der Waals surface area contributed by atoms with Gasteiger partial charge in [-0.15, -0.1) is 0 Å². The molecule has 0 aromatic heterocycles. The van der Waals surface area contributed by atoms with Gasteiger partial charge in [0.05, 0.1) is 18.1 Å². The number of ketones is 1. The van der Waals surface area contributed by atoms with Crippen LogP contribution in [0.5, 0.6) is 5.75 Å². The van der Waals surface area contributed by atoms with Crippen molar-refractivity contribution in [1.82, 2.24) is 0 Å². The van der Waals surface area contributed by atoms with Crippen LogP contribution in [0, 0.1) is 17.6 Å². The summed E-state index contributed by atoms with van der Waals surface area (Å²) in [6, 6.07) is 1.72. The van der Waals surface area contributed by atoms with E-state index in [1.165, 1.54) is 0 Å². The molecule has 0 amide bonds. The van der Waals surface area contributed by atoms with Crippen LogP contribution in [0.2, 0.25) is 0 Å². The van der Waals surface area contributed by atoms with E-state index >= 15 is 0 Å². The number of benzene rings is 1. The first-order valence-corrected chi connectivity index (χ1v) is 4.25. The Morgan fingerprint density at radius 2 is 2.14 bits per heavy atom. The van der Waals surface area contributed by atoms with Gasteiger partial charge in [0, 0.05) is 12.1 Å².